The first-order valence-electron chi connectivity index (χ1n) is 6.88. The zero-order valence-electron chi connectivity index (χ0n) is 12.4. The van der Waals surface area contributed by atoms with Gasteiger partial charge in [0.1, 0.15) is 11.7 Å². The molecule has 0 heterocycles. The summed E-state index contributed by atoms with van der Waals surface area (Å²) in [5.74, 6) is 0.0115. The fraction of sp³-hybridized carbons (Fsp3) is 0.929. The Balaban J connectivity index is 2.20. The van der Waals surface area contributed by atoms with Gasteiger partial charge in [-0.2, -0.15) is 0 Å². The number of hydrogen-bond acceptors (Lipinski definition) is 4. The van der Waals surface area contributed by atoms with Crippen LogP contribution >= 0.6 is 0 Å². The Bertz CT molecular complexity index is 387. The second-order valence-corrected chi connectivity index (χ2v) is 7.40. The summed E-state index contributed by atoms with van der Waals surface area (Å²) in [6, 6.07) is 0. The van der Waals surface area contributed by atoms with Crippen molar-refractivity contribution in [1.82, 2.24) is 5.32 Å². The van der Waals surface area contributed by atoms with E-state index < -0.39 is 29.4 Å². The predicted octanol–water partition coefficient (Wildman–Crippen LogP) is 1.42. The Morgan fingerprint density at radius 2 is 1.89 bits per heavy atom. The summed E-state index contributed by atoms with van der Waals surface area (Å²) in [6.07, 6.45) is -0.773. The van der Waals surface area contributed by atoms with Crippen molar-refractivity contribution in [2.45, 2.75) is 70.8 Å². The molecular formula is C14H25NO4. The van der Waals surface area contributed by atoms with Gasteiger partial charge in [0.15, 0.2) is 0 Å². The molecule has 0 aromatic carbocycles. The van der Waals surface area contributed by atoms with Crippen LogP contribution in [0.2, 0.25) is 0 Å². The van der Waals surface area contributed by atoms with Gasteiger partial charge in [-0.15, -0.1) is 0 Å². The molecular weight excluding hydrogens is 246 g/mol. The molecule has 0 unspecified atom stereocenters. The fourth-order valence-electron chi connectivity index (χ4n) is 3.82. The van der Waals surface area contributed by atoms with Gasteiger partial charge in [0.05, 0.1) is 11.6 Å². The third-order valence-corrected chi connectivity index (χ3v) is 4.89. The first-order valence-corrected chi connectivity index (χ1v) is 6.88. The number of hydrogen-bond donors (Lipinski definition) is 3. The number of ether oxygens (including phenoxy) is 1. The highest BCUT2D eigenvalue weighted by Gasteiger charge is 2.69. The third kappa shape index (κ3) is 2.03. The van der Waals surface area contributed by atoms with E-state index in [2.05, 4.69) is 5.32 Å². The summed E-state index contributed by atoms with van der Waals surface area (Å²) < 4.78 is 5.28. The molecule has 0 spiro atoms. The van der Waals surface area contributed by atoms with Crippen LogP contribution in [0.3, 0.4) is 0 Å². The first-order chi connectivity index (χ1) is 8.51. The van der Waals surface area contributed by atoms with Gasteiger partial charge in [-0.25, -0.2) is 4.79 Å². The van der Waals surface area contributed by atoms with E-state index in [0.29, 0.717) is 6.42 Å². The quantitative estimate of drug-likeness (QED) is 0.674. The number of aliphatic hydroxyl groups is 2. The Labute approximate surface area is 114 Å². The van der Waals surface area contributed by atoms with Crippen molar-refractivity contribution in [2.75, 3.05) is 0 Å². The maximum atomic E-state index is 12.0. The molecule has 2 aliphatic rings. The molecule has 2 bridgehead atoms. The van der Waals surface area contributed by atoms with Crippen LogP contribution in [-0.2, 0) is 4.74 Å². The molecule has 3 N–H and O–H groups in total. The molecule has 2 fully saturated rings. The van der Waals surface area contributed by atoms with Crippen molar-refractivity contribution in [3.8, 4) is 0 Å². The largest absolute Gasteiger partial charge is 0.444 e. The average molecular weight is 271 g/mol. The normalized spacial score (nSPS) is 40.3. The van der Waals surface area contributed by atoms with Crippen LogP contribution in [0, 0.1) is 11.3 Å². The van der Waals surface area contributed by atoms with E-state index in [9.17, 15) is 15.0 Å². The molecule has 5 nitrogen and oxygen atoms in total. The average Bonchev–Trinajstić information content (AvgIpc) is 2.51. The molecule has 5 heteroatoms. The molecule has 1 amide bonds. The number of carbonyl (C=O) groups is 1. The molecule has 0 radical (unpaired) electrons. The fourth-order valence-corrected chi connectivity index (χ4v) is 3.82. The van der Waals surface area contributed by atoms with E-state index in [0.717, 1.165) is 6.42 Å². The molecule has 0 aromatic rings. The lowest BCUT2D eigenvalue weighted by Crippen LogP contribution is -2.61. The minimum absolute atomic E-state index is 0.0115. The van der Waals surface area contributed by atoms with Gasteiger partial charge < -0.3 is 20.3 Å². The van der Waals surface area contributed by atoms with E-state index >= 15 is 0 Å². The van der Waals surface area contributed by atoms with E-state index in [1.165, 1.54) is 0 Å². The van der Waals surface area contributed by atoms with Crippen molar-refractivity contribution in [1.29, 1.82) is 0 Å². The predicted molar refractivity (Wildman–Crippen MR) is 70.6 cm³/mol. The number of fused-ring (bicyclic) bond motifs is 2. The Hall–Kier alpha value is -0.810. The zero-order chi connectivity index (χ0) is 14.6. The lowest BCUT2D eigenvalue weighted by Gasteiger charge is -2.41. The molecule has 0 aliphatic heterocycles. The first kappa shape index (κ1) is 14.6. The molecule has 0 aromatic heterocycles. The van der Waals surface area contributed by atoms with Crippen molar-refractivity contribution >= 4 is 6.09 Å². The molecule has 0 saturated heterocycles. The van der Waals surface area contributed by atoms with Crippen LogP contribution in [0.5, 0.6) is 0 Å². The highest BCUT2D eigenvalue weighted by atomic mass is 16.6. The van der Waals surface area contributed by atoms with Gasteiger partial charge in [-0.1, -0.05) is 13.8 Å². The van der Waals surface area contributed by atoms with Gasteiger partial charge in [0.25, 0.3) is 0 Å². The van der Waals surface area contributed by atoms with Crippen LogP contribution in [-0.4, -0.2) is 39.7 Å². The minimum Gasteiger partial charge on any atom is -0.444 e. The van der Waals surface area contributed by atoms with Crippen molar-refractivity contribution in [2.24, 2.45) is 11.3 Å². The Morgan fingerprint density at radius 3 is 2.32 bits per heavy atom. The molecule has 4 atom stereocenters. The van der Waals surface area contributed by atoms with Crippen LogP contribution in [0.1, 0.15) is 47.5 Å². The summed E-state index contributed by atoms with van der Waals surface area (Å²) >= 11 is 0. The molecule has 110 valence electrons. The van der Waals surface area contributed by atoms with Gasteiger partial charge in [-0.05, 0) is 44.9 Å². The number of alkyl carbamates (subject to hydrolysis) is 1. The summed E-state index contributed by atoms with van der Waals surface area (Å²) in [7, 11) is 0. The maximum absolute atomic E-state index is 12.0. The Kier molecular flexibility index (Phi) is 3.14. The second kappa shape index (κ2) is 4.09. The second-order valence-electron chi connectivity index (χ2n) is 7.40. The Morgan fingerprint density at radius 1 is 1.32 bits per heavy atom. The third-order valence-electron chi connectivity index (χ3n) is 4.89. The van der Waals surface area contributed by atoms with E-state index in [1.54, 1.807) is 20.8 Å². The molecule has 2 saturated carbocycles. The SMILES string of the molecule is CC(C)(C)OC(=O)N[C@@]12CC[C@@H]([C@@H](O)[C@@H]1O)C2(C)C. The number of rotatable bonds is 1. The van der Waals surface area contributed by atoms with Gasteiger partial charge in [-0.3, -0.25) is 0 Å². The highest BCUT2D eigenvalue weighted by Crippen LogP contribution is 2.60. The standard InChI is InChI=1S/C14H25NO4/c1-12(2,3)19-11(18)15-14-7-6-8(13(14,4)5)9(16)10(14)17/h8-10,16-17H,6-7H2,1-5H3,(H,15,18)/t8-,9+,10-,14-/m0/s1. The number of carbonyl (C=O) groups excluding carboxylic acids is 1. The monoisotopic (exact) mass is 271 g/mol. The smallest absolute Gasteiger partial charge is 0.408 e. The van der Waals surface area contributed by atoms with Crippen molar-refractivity contribution in [3.63, 3.8) is 0 Å². The summed E-state index contributed by atoms with van der Waals surface area (Å²) in [4.78, 5) is 12.0. The number of aliphatic hydroxyl groups excluding tert-OH is 2. The topological polar surface area (TPSA) is 78.8 Å². The van der Waals surface area contributed by atoms with E-state index in [1.807, 2.05) is 13.8 Å². The summed E-state index contributed by atoms with van der Waals surface area (Å²) in [5.41, 5.74) is -1.72. The minimum atomic E-state index is -0.936. The number of nitrogens with one attached hydrogen (secondary N) is 1. The van der Waals surface area contributed by atoms with E-state index in [4.69, 9.17) is 4.74 Å². The van der Waals surface area contributed by atoms with Gasteiger partial charge >= 0.3 is 6.09 Å². The van der Waals surface area contributed by atoms with Crippen molar-refractivity contribution in [3.05, 3.63) is 0 Å². The van der Waals surface area contributed by atoms with Crippen LogP contribution in [0.15, 0.2) is 0 Å². The summed E-state index contributed by atoms with van der Waals surface area (Å²) in [6.45, 7) is 9.37. The van der Waals surface area contributed by atoms with Crippen LogP contribution in [0.4, 0.5) is 4.79 Å². The van der Waals surface area contributed by atoms with Crippen molar-refractivity contribution < 1.29 is 19.7 Å². The van der Waals surface area contributed by atoms with Crippen LogP contribution in [0.25, 0.3) is 0 Å². The molecule has 19 heavy (non-hydrogen) atoms. The van der Waals surface area contributed by atoms with Crippen LogP contribution < -0.4 is 5.32 Å². The lowest BCUT2D eigenvalue weighted by atomic mass is 9.75. The molecule has 2 aliphatic carbocycles. The highest BCUT2D eigenvalue weighted by molar-refractivity contribution is 5.69. The van der Waals surface area contributed by atoms with Gasteiger partial charge in [0.2, 0.25) is 0 Å². The zero-order valence-corrected chi connectivity index (χ0v) is 12.4. The number of amides is 1. The van der Waals surface area contributed by atoms with E-state index in [-0.39, 0.29) is 11.3 Å². The maximum Gasteiger partial charge on any atom is 0.408 e. The van der Waals surface area contributed by atoms with Gasteiger partial charge in [0, 0.05) is 0 Å². The summed E-state index contributed by atoms with van der Waals surface area (Å²) in [5, 5.41) is 23.2. The molecule has 2 rings (SSSR count). The lowest BCUT2D eigenvalue weighted by molar-refractivity contribution is -0.0392.